The van der Waals surface area contributed by atoms with Crippen LogP contribution in [0.15, 0.2) is 48.7 Å². The van der Waals surface area contributed by atoms with E-state index in [1.165, 1.54) is 0 Å². The topological polar surface area (TPSA) is 55.6 Å². The molecule has 0 unspecified atom stereocenters. The summed E-state index contributed by atoms with van der Waals surface area (Å²) in [5.41, 5.74) is 2.51. The van der Waals surface area contributed by atoms with Crippen molar-refractivity contribution in [2.75, 3.05) is 12.4 Å². The zero-order valence-corrected chi connectivity index (χ0v) is 16.2. The smallest absolute Gasteiger partial charge is 0.228 e. The number of fused-ring (bicyclic) bond motifs is 1. The van der Waals surface area contributed by atoms with Crippen LogP contribution in [0.25, 0.3) is 16.9 Å². The van der Waals surface area contributed by atoms with Crippen molar-refractivity contribution in [3.8, 4) is 17.0 Å². The number of hydrogen-bond donors (Lipinski definition) is 1. The highest BCUT2D eigenvalue weighted by Crippen LogP contribution is 2.30. The molecule has 0 bridgehead atoms. The quantitative estimate of drug-likeness (QED) is 0.599. The molecule has 3 rings (SSSR count). The summed E-state index contributed by atoms with van der Waals surface area (Å²) < 4.78 is 7.18. The number of hydrogen-bond acceptors (Lipinski definition) is 3. The van der Waals surface area contributed by atoms with Crippen LogP contribution in [0.5, 0.6) is 5.75 Å². The van der Waals surface area contributed by atoms with Crippen LogP contribution in [-0.4, -0.2) is 22.4 Å². The molecule has 1 N–H and O–H groups in total. The highest BCUT2D eigenvalue weighted by Gasteiger charge is 2.21. The minimum atomic E-state index is 0.0166. The van der Waals surface area contributed by atoms with Gasteiger partial charge in [0.05, 0.1) is 7.11 Å². The van der Waals surface area contributed by atoms with Crippen LogP contribution < -0.4 is 10.1 Å². The van der Waals surface area contributed by atoms with Gasteiger partial charge in [0.1, 0.15) is 22.9 Å². The Labute approximate surface area is 160 Å². The van der Waals surface area contributed by atoms with E-state index in [0.717, 1.165) is 54.2 Å². The van der Waals surface area contributed by atoms with Crippen LogP contribution in [0, 0.1) is 5.92 Å². The molecule has 0 spiro atoms. The minimum absolute atomic E-state index is 0.0166. The number of aromatic nitrogens is 2. The lowest BCUT2D eigenvalue weighted by Crippen LogP contribution is -2.23. The Morgan fingerprint density at radius 2 is 1.96 bits per heavy atom. The van der Waals surface area contributed by atoms with Crippen molar-refractivity contribution in [3.63, 3.8) is 0 Å². The van der Waals surface area contributed by atoms with Gasteiger partial charge in [-0.05, 0) is 49.2 Å². The van der Waals surface area contributed by atoms with Crippen molar-refractivity contribution in [3.05, 3.63) is 48.7 Å². The summed E-state index contributed by atoms with van der Waals surface area (Å²) >= 11 is 0. The van der Waals surface area contributed by atoms with E-state index in [-0.39, 0.29) is 11.8 Å². The van der Waals surface area contributed by atoms with Gasteiger partial charge in [0.15, 0.2) is 0 Å². The Bertz CT molecular complexity index is 900. The summed E-state index contributed by atoms with van der Waals surface area (Å²) in [6.07, 6.45) is 5.83. The normalized spacial score (nSPS) is 12.1. The number of ether oxygens (including phenoxy) is 1. The number of nitrogens with zero attached hydrogens (tertiary/aromatic N) is 2. The van der Waals surface area contributed by atoms with Crippen molar-refractivity contribution in [2.45, 2.75) is 39.5 Å². The minimum Gasteiger partial charge on any atom is -0.497 e. The third kappa shape index (κ3) is 4.13. The van der Waals surface area contributed by atoms with Gasteiger partial charge in [-0.3, -0.25) is 9.20 Å². The second-order valence-corrected chi connectivity index (χ2v) is 6.70. The first-order chi connectivity index (χ1) is 13.2. The molecule has 1 aromatic carbocycles. The molecule has 2 aromatic heterocycles. The molecule has 5 heteroatoms. The molecule has 3 aromatic rings. The zero-order valence-electron chi connectivity index (χ0n) is 16.2. The summed E-state index contributed by atoms with van der Waals surface area (Å²) in [6, 6.07) is 13.6. The van der Waals surface area contributed by atoms with Gasteiger partial charge < -0.3 is 10.1 Å². The fourth-order valence-electron chi connectivity index (χ4n) is 3.26. The number of unbranched alkanes of at least 4 members (excludes halogenated alkanes) is 1. The van der Waals surface area contributed by atoms with E-state index in [1.54, 1.807) is 7.11 Å². The Morgan fingerprint density at radius 3 is 2.63 bits per heavy atom. The van der Waals surface area contributed by atoms with E-state index in [4.69, 9.17) is 9.72 Å². The molecule has 5 nitrogen and oxygen atoms in total. The van der Waals surface area contributed by atoms with Gasteiger partial charge in [-0.15, -0.1) is 0 Å². The molecule has 1 atom stereocenters. The molecule has 0 aliphatic heterocycles. The third-order valence-electron chi connectivity index (χ3n) is 4.90. The zero-order chi connectivity index (χ0) is 19.2. The maximum Gasteiger partial charge on any atom is 0.228 e. The number of anilines is 1. The van der Waals surface area contributed by atoms with E-state index >= 15 is 0 Å². The van der Waals surface area contributed by atoms with Crippen LogP contribution in [-0.2, 0) is 4.79 Å². The number of nitrogens with one attached hydrogen (secondary N) is 1. The Kier molecular flexibility index (Phi) is 6.12. The molecule has 0 radical (unpaired) electrons. The summed E-state index contributed by atoms with van der Waals surface area (Å²) in [6.45, 7) is 4.22. The molecule has 0 saturated carbocycles. The predicted molar refractivity (Wildman–Crippen MR) is 109 cm³/mol. The lowest BCUT2D eigenvalue weighted by atomic mass is 9.98. The molecule has 0 saturated heterocycles. The maximum absolute atomic E-state index is 12.9. The summed E-state index contributed by atoms with van der Waals surface area (Å²) in [4.78, 5) is 17.6. The second kappa shape index (κ2) is 8.71. The Morgan fingerprint density at radius 1 is 1.19 bits per heavy atom. The molecule has 0 fully saturated rings. The van der Waals surface area contributed by atoms with Gasteiger partial charge >= 0.3 is 0 Å². The van der Waals surface area contributed by atoms with E-state index in [2.05, 4.69) is 19.2 Å². The van der Waals surface area contributed by atoms with Crippen LogP contribution in [0.3, 0.4) is 0 Å². The monoisotopic (exact) mass is 365 g/mol. The molecule has 1 amide bonds. The van der Waals surface area contributed by atoms with Crippen LogP contribution >= 0.6 is 0 Å². The average molecular weight is 365 g/mol. The summed E-state index contributed by atoms with van der Waals surface area (Å²) in [5.74, 6) is 1.59. The van der Waals surface area contributed by atoms with E-state index in [0.29, 0.717) is 0 Å². The van der Waals surface area contributed by atoms with Gasteiger partial charge in [0.25, 0.3) is 0 Å². The Balaban J connectivity index is 1.98. The SMILES string of the molecule is CCCC[C@@H](CC)C(=O)Nc1c(-c2ccc(OC)cc2)nc2ccccn12. The first-order valence-electron chi connectivity index (χ1n) is 9.60. The number of benzene rings is 1. The van der Waals surface area contributed by atoms with Crippen LogP contribution in [0.2, 0.25) is 0 Å². The van der Waals surface area contributed by atoms with Crippen molar-refractivity contribution in [1.82, 2.24) is 9.38 Å². The van der Waals surface area contributed by atoms with Crippen molar-refractivity contribution in [2.24, 2.45) is 5.92 Å². The van der Waals surface area contributed by atoms with Crippen molar-refractivity contribution < 1.29 is 9.53 Å². The van der Waals surface area contributed by atoms with Crippen molar-refractivity contribution in [1.29, 1.82) is 0 Å². The molecule has 0 aliphatic rings. The number of carbonyl (C=O) groups is 1. The van der Waals surface area contributed by atoms with Gasteiger partial charge in [-0.2, -0.15) is 0 Å². The van der Waals surface area contributed by atoms with E-state index in [9.17, 15) is 4.79 Å². The van der Waals surface area contributed by atoms with Gasteiger partial charge in [0, 0.05) is 17.7 Å². The number of methoxy groups -OCH3 is 1. The highest BCUT2D eigenvalue weighted by atomic mass is 16.5. The second-order valence-electron chi connectivity index (χ2n) is 6.70. The maximum atomic E-state index is 12.9. The number of imidazole rings is 1. The fourth-order valence-corrected chi connectivity index (χ4v) is 3.26. The predicted octanol–water partition coefficient (Wildman–Crippen LogP) is 5.16. The lowest BCUT2D eigenvalue weighted by molar-refractivity contribution is -0.120. The molecule has 2 heterocycles. The summed E-state index contributed by atoms with van der Waals surface area (Å²) in [5, 5.41) is 3.15. The molecular weight excluding hydrogens is 338 g/mol. The van der Waals surface area contributed by atoms with E-state index < -0.39 is 0 Å². The highest BCUT2D eigenvalue weighted by molar-refractivity contribution is 5.96. The standard InChI is InChI=1S/C22H27N3O2/c1-4-6-9-16(5-2)22(26)24-21-20(17-11-13-18(27-3)14-12-17)23-19-10-7-8-15-25(19)21/h7-8,10-16H,4-6,9H2,1-3H3,(H,24,26)/t16-/m1/s1. The third-order valence-corrected chi connectivity index (χ3v) is 4.90. The summed E-state index contributed by atoms with van der Waals surface area (Å²) in [7, 11) is 1.65. The first kappa shape index (κ1) is 19.0. The molecular formula is C22H27N3O2. The van der Waals surface area contributed by atoms with Crippen molar-refractivity contribution >= 4 is 17.4 Å². The average Bonchev–Trinajstić information content (AvgIpc) is 3.07. The van der Waals surface area contributed by atoms with Gasteiger partial charge in [0.2, 0.25) is 5.91 Å². The largest absolute Gasteiger partial charge is 0.497 e. The van der Waals surface area contributed by atoms with Gasteiger partial charge in [-0.1, -0.05) is 32.8 Å². The first-order valence-corrected chi connectivity index (χ1v) is 9.60. The van der Waals surface area contributed by atoms with E-state index in [1.807, 2.05) is 53.1 Å². The number of pyridine rings is 1. The number of carbonyl (C=O) groups excluding carboxylic acids is 1. The number of amides is 1. The van der Waals surface area contributed by atoms with Gasteiger partial charge in [-0.25, -0.2) is 4.98 Å². The Hall–Kier alpha value is -2.82. The fraction of sp³-hybridized carbons (Fsp3) is 0.364. The number of rotatable bonds is 8. The van der Waals surface area contributed by atoms with Crippen LogP contribution in [0.1, 0.15) is 39.5 Å². The molecule has 142 valence electrons. The molecule has 27 heavy (non-hydrogen) atoms. The lowest BCUT2D eigenvalue weighted by Gasteiger charge is -2.15. The molecule has 0 aliphatic carbocycles. The van der Waals surface area contributed by atoms with Crippen LogP contribution in [0.4, 0.5) is 5.82 Å².